The molecule has 4 amide bonds. The second-order valence-corrected chi connectivity index (χ2v) is 7.79. The second kappa shape index (κ2) is 12.5. The molecule has 0 saturated carbocycles. The minimum Gasteiger partial charge on any atom is -0.347 e. The van der Waals surface area contributed by atoms with Gasteiger partial charge in [0.2, 0.25) is 23.6 Å². The molecule has 1 aromatic carbocycles. The Morgan fingerprint density at radius 3 is 2.52 bits per heavy atom. The molecule has 1 aromatic rings. The van der Waals surface area contributed by atoms with Gasteiger partial charge < -0.3 is 26.6 Å². The summed E-state index contributed by atoms with van der Waals surface area (Å²) in [5.41, 5.74) is 5.79. The van der Waals surface area contributed by atoms with E-state index in [0.29, 0.717) is 50.9 Å². The molecule has 1 aliphatic rings. The Balaban J connectivity index is 2.05. The normalized spacial score (nSPS) is 16.1. The predicted molar refractivity (Wildman–Crippen MR) is 120 cm³/mol. The van der Waals surface area contributed by atoms with Crippen LogP contribution < -0.4 is 21.7 Å². The summed E-state index contributed by atoms with van der Waals surface area (Å²) < 4.78 is 0. The number of rotatable bonds is 11. The third kappa shape index (κ3) is 7.83. The van der Waals surface area contributed by atoms with Crippen LogP contribution in [0.15, 0.2) is 24.3 Å². The molecule has 1 aliphatic heterocycles. The number of benzene rings is 1. The molecule has 12 heteroatoms. The number of amides is 4. The molecule has 2 rings (SSSR count). The quantitative estimate of drug-likeness (QED) is 0.207. The predicted octanol–water partition coefficient (Wildman–Crippen LogP) is 0.274. The molecular formula is C21H30N6O6. The molecule has 1 fully saturated rings. The maximum atomic E-state index is 12.9. The first-order valence-electron chi connectivity index (χ1n) is 10.8. The van der Waals surface area contributed by atoms with E-state index in [1.54, 1.807) is 0 Å². The summed E-state index contributed by atoms with van der Waals surface area (Å²) in [5.74, 6) is -1.62. The van der Waals surface area contributed by atoms with Crippen LogP contribution in [0.5, 0.6) is 0 Å². The molecule has 1 heterocycles. The fourth-order valence-electron chi connectivity index (χ4n) is 3.56. The Bertz CT molecular complexity index is 875. The van der Waals surface area contributed by atoms with Crippen molar-refractivity contribution in [3.05, 3.63) is 34.4 Å². The van der Waals surface area contributed by atoms with Gasteiger partial charge in [-0.15, -0.1) is 0 Å². The van der Waals surface area contributed by atoms with E-state index >= 15 is 0 Å². The first-order chi connectivity index (χ1) is 15.7. The average Bonchev–Trinajstić information content (AvgIpc) is 3.27. The highest BCUT2D eigenvalue weighted by atomic mass is 16.6. The Morgan fingerprint density at radius 2 is 1.91 bits per heavy atom. The lowest BCUT2D eigenvalue weighted by atomic mass is 10.1. The standard InChI is InChI=1S/C21H30N6O6/c1-14(28)23-13-19(29)26-12-4-6-18(26)21(31)25-17(5-2-3-11-22)20(30)24-15-7-9-16(10-8-15)27(32)33/h7-10,17-18H,2-6,11-13,22H2,1H3,(H,23,28)(H,24,30)(H,25,31)/t17-,18-/m0/s1. The van der Waals surface area contributed by atoms with E-state index in [2.05, 4.69) is 16.0 Å². The van der Waals surface area contributed by atoms with Crippen LogP contribution in [0.4, 0.5) is 11.4 Å². The SMILES string of the molecule is CC(=O)NCC(=O)N1CCC[C@H]1C(=O)N[C@@H](CCCCN)C(=O)Nc1ccc([N+](=O)[O-])cc1. The zero-order valence-corrected chi connectivity index (χ0v) is 18.5. The van der Waals surface area contributed by atoms with E-state index in [1.807, 2.05) is 0 Å². The number of carbonyl (C=O) groups excluding carboxylic acids is 4. The summed E-state index contributed by atoms with van der Waals surface area (Å²) in [5, 5.41) is 18.6. The summed E-state index contributed by atoms with van der Waals surface area (Å²) in [4.78, 5) is 60.9. The molecule has 0 unspecified atom stereocenters. The topological polar surface area (TPSA) is 177 Å². The Morgan fingerprint density at radius 1 is 1.21 bits per heavy atom. The third-order valence-corrected chi connectivity index (χ3v) is 5.29. The molecule has 2 atom stereocenters. The van der Waals surface area contributed by atoms with Gasteiger partial charge in [-0.05, 0) is 50.8 Å². The first-order valence-corrected chi connectivity index (χ1v) is 10.8. The number of anilines is 1. The van der Waals surface area contributed by atoms with Gasteiger partial charge in [0.25, 0.3) is 5.69 Å². The van der Waals surface area contributed by atoms with E-state index in [4.69, 9.17) is 5.73 Å². The molecule has 1 saturated heterocycles. The van der Waals surface area contributed by atoms with E-state index in [0.717, 1.165) is 0 Å². The van der Waals surface area contributed by atoms with Crippen LogP contribution in [0.1, 0.15) is 39.0 Å². The Kier molecular flexibility index (Phi) is 9.73. The van der Waals surface area contributed by atoms with Crippen molar-refractivity contribution in [2.75, 3.05) is 25.0 Å². The number of likely N-dealkylation sites (tertiary alicyclic amines) is 1. The number of unbranched alkanes of at least 4 members (excludes halogenated alkanes) is 1. The minimum atomic E-state index is -0.868. The van der Waals surface area contributed by atoms with Gasteiger partial charge >= 0.3 is 0 Å². The fraction of sp³-hybridized carbons (Fsp3) is 0.524. The van der Waals surface area contributed by atoms with Gasteiger partial charge in [0, 0.05) is 31.3 Å². The van der Waals surface area contributed by atoms with Crippen LogP contribution in [0.25, 0.3) is 0 Å². The average molecular weight is 463 g/mol. The van der Waals surface area contributed by atoms with Crippen LogP contribution in [0.2, 0.25) is 0 Å². The number of nitrogens with zero attached hydrogens (tertiary/aromatic N) is 2. The highest BCUT2D eigenvalue weighted by molar-refractivity contribution is 5.98. The molecule has 0 aromatic heterocycles. The van der Waals surface area contributed by atoms with E-state index in [-0.39, 0.29) is 24.0 Å². The number of hydrogen-bond acceptors (Lipinski definition) is 7. The number of non-ortho nitro benzene ring substituents is 1. The monoisotopic (exact) mass is 462 g/mol. The lowest BCUT2D eigenvalue weighted by molar-refractivity contribution is -0.384. The zero-order valence-electron chi connectivity index (χ0n) is 18.5. The van der Waals surface area contributed by atoms with Crippen molar-refractivity contribution in [3.63, 3.8) is 0 Å². The maximum Gasteiger partial charge on any atom is 0.269 e. The van der Waals surface area contributed by atoms with E-state index < -0.39 is 28.8 Å². The van der Waals surface area contributed by atoms with Gasteiger partial charge in [-0.25, -0.2) is 0 Å². The highest BCUT2D eigenvalue weighted by Crippen LogP contribution is 2.19. The van der Waals surface area contributed by atoms with Crippen LogP contribution in [-0.4, -0.2) is 65.2 Å². The van der Waals surface area contributed by atoms with E-state index in [1.165, 1.54) is 36.1 Å². The summed E-state index contributed by atoms with van der Waals surface area (Å²) in [7, 11) is 0. The highest BCUT2D eigenvalue weighted by Gasteiger charge is 2.35. The fourth-order valence-corrected chi connectivity index (χ4v) is 3.56. The molecule has 5 N–H and O–H groups in total. The number of nitro groups is 1. The second-order valence-electron chi connectivity index (χ2n) is 7.79. The number of nitro benzene ring substituents is 1. The van der Waals surface area contributed by atoms with Crippen molar-refractivity contribution in [2.45, 2.75) is 51.1 Å². The van der Waals surface area contributed by atoms with Crippen molar-refractivity contribution in [2.24, 2.45) is 5.73 Å². The van der Waals surface area contributed by atoms with E-state index in [9.17, 15) is 29.3 Å². The summed E-state index contributed by atoms with van der Waals surface area (Å²) in [6.07, 6.45) is 2.70. The van der Waals surface area contributed by atoms with Gasteiger partial charge in [-0.1, -0.05) is 0 Å². The lowest BCUT2D eigenvalue weighted by Crippen LogP contribution is -2.53. The molecular weight excluding hydrogens is 432 g/mol. The van der Waals surface area contributed by atoms with Gasteiger partial charge in [-0.3, -0.25) is 29.3 Å². The van der Waals surface area contributed by atoms with Crippen LogP contribution in [-0.2, 0) is 19.2 Å². The van der Waals surface area contributed by atoms with Gasteiger partial charge in [-0.2, -0.15) is 0 Å². The number of carbonyl (C=O) groups is 4. The van der Waals surface area contributed by atoms with Crippen LogP contribution in [0, 0.1) is 10.1 Å². The van der Waals surface area contributed by atoms with Crippen molar-refractivity contribution >= 4 is 35.0 Å². The van der Waals surface area contributed by atoms with Crippen molar-refractivity contribution in [3.8, 4) is 0 Å². The molecule has 33 heavy (non-hydrogen) atoms. The van der Waals surface area contributed by atoms with Crippen molar-refractivity contribution < 1.29 is 24.1 Å². The molecule has 180 valence electrons. The summed E-state index contributed by atoms with van der Waals surface area (Å²) >= 11 is 0. The zero-order chi connectivity index (χ0) is 24.4. The van der Waals surface area contributed by atoms with Crippen molar-refractivity contribution in [1.82, 2.24) is 15.5 Å². The lowest BCUT2D eigenvalue weighted by Gasteiger charge is -2.26. The largest absolute Gasteiger partial charge is 0.347 e. The number of hydrogen-bond donors (Lipinski definition) is 4. The number of nitrogens with two attached hydrogens (primary N) is 1. The third-order valence-electron chi connectivity index (χ3n) is 5.29. The van der Waals surface area contributed by atoms with Crippen LogP contribution >= 0.6 is 0 Å². The molecule has 12 nitrogen and oxygen atoms in total. The molecule has 0 radical (unpaired) electrons. The molecule has 0 bridgehead atoms. The smallest absolute Gasteiger partial charge is 0.269 e. The maximum absolute atomic E-state index is 12.9. The summed E-state index contributed by atoms with van der Waals surface area (Å²) in [6, 6.07) is 3.77. The first kappa shape index (κ1) is 25.7. The Labute approximate surface area is 191 Å². The molecule has 0 aliphatic carbocycles. The summed E-state index contributed by atoms with van der Waals surface area (Å²) in [6.45, 7) is 1.94. The number of nitrogens with one attached hydrogen (secondary N) is 3. The van der Waals surface area contributed by atoms with Gasteiger partial charge in [0.05, 0.1) is 11.5 Å². The van der Waals surface area contributed by atoms with Crippen LogP contribution in [0.3, 0.4) is 0 Å². The van der Waals surface area contributed by atoms with Gasteiger partial charge in [0.15, 0.2) is 0 Å². The Hall–Kier alpha value is -3.54. The van der Waals surface area contributed by atoms with Gasteiger partial charge in [0.1, 0.15) is 12.1 Å². The molecule has 0 spiro atoms. The minimum absolute atomic E-state index is 0.106. The van der Waals surface area contributed by atoms with Crippen molar-refractivity contribution in [1.29, 1.82) is 0 Å².